The van der Waals surface area contributed by atoms with Gasteiger partial charge in [-0.3, -0.25) is 0 Å². The van der Waals surface area contributed by atoms with Gasteiger partial charge in [0.25, 0.3) is 0 Å². The average Bonchev–Trinajstić information content (AvgIpc) is 2.88. The molecule has 0 aromatic heterocycles. The molecule has 2 N–H and O–H groups in total. The molecule has 1 fully saturated rings. The van der Waals surface area contributed by atoms with Crippen LogP contribution in [-0.2, 0) is 0 Å². The first-order valence-electron chi connectivity index (χ1n) is 11.9. The van der Waals surface area contributed by atoms with Crippen molar-refractivity contribution in [3.63, 3.8) is 0 Å². The number of rotatable bonds is 7. The summed E-state index contributed by atoms with van der Waals surface area (Å²) in [5, 5.41) is 14.8. The monoisotopic (exact) mass is 475 g/mol. The normalized spacial score (nSPS) is 15.8. The lowest BCUT2D eigenvalue weighted by Crippen LogP contribution is -2.35. The predicted molar refractivity (Wildman–Crippen MR) is 133 cm³/mol. The second kappa shape index (κ2) is 10.3. The van der Waals surface area contributed by atoms with Gasteiger partial charge in [-0.05, 0) is 85.8 Å². The maximum atomic E-state index is 14.7. The third kappa shape index (κ3) is 5.23. The van der Waals surface area contributed by atoms with Crippen molar-refractivity contribution >= 4 is 10.8 Å². The van der Waals surface area contributed by atoms with Gasteiger partial charge in [-0.25, -0.2) is 8.78 Å². The molecule has 4 aromatic carbocycles. The second-order valence-electron chi connectivity index (χ2n) is 8.81. The Balaban J connectivity index is 1.40. The molecule has 180 valence electrons. The van der Waals surface area contributed by atoms with Crippen molar-refractivity contribution in [2.45, 2.75) is 31.7 Å². The van der Waals surface area contributed by atoms with Crippen molar-refractivity contribution < 1.29 is 23.4 Å². The van der Waals surface area contributed by atoms with Gasteiger partial charge in [-0.2, -0.15) is 0 Å². The fourth-order valence-corrected chi connectivity index (χ4v) is 4.53. The van der Waals surface area contributed by atoms with Crippen LogP contribution in [0.15, 0.2) is 72.8 Å². The first-order chi connectivity index (χ1) is 17.1. The molecule has 0 bridgehead atoms. The van der Waals surface area contributed by atoms with Crippen LogP contribution in [0.4, 0.5) is 8.78 Å². The number of hydrogen-bond acceptors (Lipinski definition) is 4. The van der Waals surface area contributed by atoms with Crippen LogP contribution in [0.3, 0.4) is 0 Å². The Kier molecular flexibility index (Phi) is 6.82. The molecule has 1 unspecified atom stereocenters. The van der Waals surface area contributed by atoms with Gasteiger partial charge in [0, 0.05) is 22.6 Å². The molecule has 6 heteroatoms. The van der Waals surface area contributed by atoms with Crippen molar-refractivity contribution in [1.29, 1.82) is 0 Å². The zero-order chi connectivity index (χ0) is 24.2. The van der Waals surface area contributed by atoms with Gasteiger partial charge in [-0.15, -0.1) is 0 Å². The largest absolute Gasteiger partial charge is 0.508 e. The van der Waals surface area contributed by atoms with Crippen LogP contribution in [0.5, 0.6) is 23.0 Å². The number of fused-ring (bicyclic) bond motifs is 1. The van der Waals surface area contributed by atoms with E-state index in [0.717, 1.165) is 30.2 Å². The van der Waals surface area contributed by atoms with E-state index < -0.39 is 11.6 Å². The van der Waals surface area contributed by atoms with E-state index in [1.807, 2.05) is 12.1 Å². The first-order valence-corrected chi connectivity index (χ1v) is 11.9. The molecular weight excluding hydrogens is 448 g/mol. The van der Waals surface area contributed by atoms with Gasteiger partial charge < -0.3 is 19.9 Å². The zero-order valence-corrected chi connectivity index (χ0v) is 19.3. The summed E-state index contributed by atoms with van der Waals surface area (Å²) in [6.45, 7) is 1.71. The molecule has 5 rings (SSSR count). The molecule has 0 aliphatic carbocycles. The van der Waals surface area contributed by atoms with Gasteiger partial charge in [-0.1, -0.05) is 24.6 Å². The lowest BCUT2D eigenvalue weighted by molar-refractivity contribution is 0.268. The summed E-state index contributed by atoms with van der Waals surface area (Å²) in [6.07, 6.45) is 4.65. The standard InChI is InChI=1S/C29H27F2NO3/c30-27-6-3-5-25(28(27)31)26-13-7-19-18-21(33)8-14-24(19)29(26)35-23-11-9-22(10-12-23)34-17-15-20-4-1-2-16-32-20/h3,5-14,18,20,32-33H,1-2,4,15-17H2. The van der Waals surface area contributed by atoms with Gasteiger partial charge >= 0.3 is 0 Å². The summed E-state index contributed by atoms with van der Waals surface area (Å²) in [5.74, 6) is -0.102. The van der Waals surface area contributed by atoms with Crippen LogP contribution >= 0.6 is 0 Å². The quantitative estimate of drug-likeness (QED) is 0.297. The number of halogens is 2. The maximum Gasteiger partial charge on any atom is 0.166 e. The number of ether oxygens (including phenoxy) is 2. The highest BCUT2D eigenvalue weighted by atomic mass is 19.2. The van der Waals surface area contributed by atoms with Gasteiger partial charge in [0.2, 0.25) is 0 Å². The Morgan fingerprint density at radius 1 is 0.886 bits per heavy atom. The van der Waals surface area contributed by atoms with Crippen molar-refractivity contribution in [3.8, 4) is 34.1 Å². The number of piperidine rings is 1. The maximum absolute atomic E-state index is 14.7. The number of hydrogen-bond donors (Lipinski definition) is 2. The Morgan fingerprint density at radius 2 is 1.71 bits per heavy atom. The lowest BCUT2D eigenvalue weighted by Gasteiger charge is -2.23. The third-order valence-corrected chi connectivity index (χ3v) is 6.39. The molecule has 1 aliphatic rings. The molecule has 0 radical (unpaired) electrons. The SMILES string of the molecule is Oc1ccc2c(Oc3ccc(OCCC4CCCCN4)cc3)c(-c3cccc(F)c3F)ccc2c1. The molecule has 1 saturated heterocycles. The molecule has 4 nitrogen and oxygen atoms in total. The zero-order valence-electron chi connectivity index (χ0n) is 19.3. The van der Waals surface area contributed by atoms with E-state index in [4.69, 9.17) is 9.47 Å². The third-order valence-electron chi connectivity index (χ3n) is 6.39. The topological polar surface area (TPSA) is 50.7 Å². The Hall–Kier alpha value is -3.64. The fraction of sp³-hybridized carbons (Fsp3) is 0.241. The molecule has 0 saturated carbocycles. The van der Waals surface area contributed by atoms with E-state index in [0.29, 0.717) is 35.1 Å². The predicted octanol–water partition coefficient (Wildman–Crippen LogP) is 7.19. The molecule has 35 heavy (non-hydrogen) atoms. The van der Waals surface area contributed by atoms with E-state index in [-0.39, 0.29) is 11.3 Å². The van der Waals surface area contributed by atoms with E-state index in [2.05, 4.69) is 5.32 Å². The summed E-state index contributed by atoms with van der Waals surface area (Å²) in [7, 11) is 0. The van der Waals surface area contributed by atoms with Crippen molar-refractivity contribution in [2.75, 3.05) is 13.2 Å². The summed E-state index contributed by atoms with van der Waals surface area (Å²) >= 11 is 0. The molecule has 4 aromatic rings. The highest BCUT2D eigenvalue weighted by molar-refractivity contribution is 5.96. The number of nitrogens with one attached hydrogen (secondary N) is 1. The van der Waals surface area contributed by atoms with Crippen LogP contribution in [0.1, 0.15) is 25.7 Å². The minimum Gasteiger partial charge on any atom is -0.508 e. The van der Waals surface area contributed by atoms with E-state index in [9.17, 15) is 13.9 Å². The number of benzene rings is 4. The summed E-state index contributed by atoms with van der Waals surface area (Å²) < 4.78 is 40.8. The molecule has 0 amide bonds. The molecule has 1 heterocycles. The molecule has 1 aliphatic heterocycles. The van der Waals surface area contributed by atoms with Crippen molar-refractivity contribution in [3.05, 3.63) is 84.4 Å². The smallest absolute Gasteiger partial charge is 0.166 e. The second-order valence-corrected chi connectivity index (χ2v) is 8.81. The van der Waals surface area contributed by atoms with E-state index >= 15 is 0 Å². The highest BCUT2D eigenvalue weighted by Gasteiger charge is 2.18. The number of phenolic OH excluding ortho intramolecular Hbond substituents is 1. The first kappa shape index (κ1) is 23.1. The van der Waals surface area contributed by atoms with Crippen LogP contribution in [0.2, 0.25) is 0 Å². The Labute approximate surface area is 203 Å². The van der Waals surface area contributed by atoms with Crippen LogP contribution in [-0.4, -0.2) is 24.3 Å². The minimum atomic E-state index is -0.938. The van der Waals surface area contributed by atoms with Crippen LogP contribution < -0.4 is 14.8 Å². The molecular formula is C29H27F2NO3. The highest BCUT2D eigenvalue weighted by Crippen LogP contribution is 2.41. The van der Waals surface area contributed by atoms with Crippen LogP contribution in [0, 0.1) is 11.6 Å². The number of phenols is 1. The van der Waals surface area contributed by atoms with E-state index in [1.54, 1.807) is 42.5 Å². The van der Waals surface area contributed by atoms with E-state index in [1.165, 1.54) is 31.4 Å². The van der Waals surface area contributed by atoms with Crippen molar-refractivity contribution in [1.82, 2.24) is 5.32 Å². The fourth-order valence-electron chi connectivity index (χ4n) is 4.53. The molecule has 1 atom stereocenters. The molecule has 0 spiro atoms. The average molecular weight is 476 g/mol. The summed E-state index contributed by atoms with van der Waals surface area (Å²) in [5.41, 5.74) is 0.520. The summed E-state index contributed by atoms with van der Waals surface area (Å²) in [4.78, 5) is 0. The minimum absolute atomic E-state index is 0.103. The summed E-state index contributed by atoms with van der Waals surface area (Å²) in [6, 6.07) is 20.1. The number of aromatic hydroxyl groups is 1. The lowest BCUT2D eigenvalue weighted by atomic mass is 9.98. The Morgan fingerprint density at radius 3 is 2.51 bits per heavy atom. The van der Waals surface area contributed by atoms with Gasteiger partial charge in [0.1, 0.15) is 23.0 Å². The van der Waals surface area contributed by atoms with Gasteiger partial charge in [0.15, 0.2) is 11.6 Å². The van der Waals surface area contributed by atoms with Crippen molar-refractivity contribution in [2.24, 2.45) is 0 Å². The van der Waals surface area contributed by atoms with Gasteiger partial charge in [0.05, 0.1) is 6.61 Å². The Bertz CT molecular complexity index is 1320. The van der Waals surface area contributed by atoms with Crippen LogP contribution in [0.25, 0.3) is 21.9 Å².